The Labute approximate surface area is 90.3 Å². The number of aromatic amines is 1. The number of rotatable bonds is 1. The zero-order valence-electron chi connectivity index (χ0n) is 7.57. The van der Waals surface area contributed by atoms with Crippen LogP contribution in [0, 0.1) is 11.3 Å². The monoisotopic (exact) mass is 219 g/mol. The van der Waals surface area contributed by atoms with Crippen LogP contribution in [0.2, 0.25) is 5.02 Å². The predicted octanol–water partition coefficient (Wildman–Crippen LogP) is 1.69. The number of aromatic nitrogens is 2. The second-order valence-electron chi connectivity index (χ2n) is 2.91. The van der Waals surface area contributed by atoms with E-state index in [0.717, 1.165) is 0 Å². The van der Waals surface area contributed by atoms with Crippen LogP contribution in [0.25, 0.3) is 5.69 Å². The fraction of sp³-hybridized carbons (Fsp3) is 0. The summed E-state index contributed by atoms with van der Waals surface area (Å²) in [5, 5.41) is 9.03. The lowest BCUT2D eigenvalue weighted by Gasteiger charge is -2.03. The molecular weight excluding hydrogens is 214 g/mol. The molecule has 0 aliphatic rings. The molecule has 0 bridgehead atoms. The van der Waals surface area contributed by atoms with Gasteiger partial charge >= 0.3 is 5.69 Å². The Morgan fingerprint density at radius 3 is 2.80 bits per heavy atom. The highest BCUT2D eigenvalue weighted by Gasteiger charge is 2.05. The van der Waals surface area contributed by atoms with Gasteiger partial charge in [-0.25, -0.2) is 4.79 Å². The Bertz CT molecular complexity index is 591. The summed E-state index contributed by atoms with van der Waals surface area (Å²) in [5.41, 5.74) is 0.760. The second-order valence-corrected chi connectivity index (χ2v) is 3.32. The minimum atomic E-state index is -0.262. The highest BCUT2D eigenvalue weighted by Crippen LogP contribution is 2.20. The van der Waals surface area contributed by atoms with Gasteiger partial charge in [-0.05, 0) is 18.2 Å². The van der Waals surface area contributed by atoms with Crippen molar-refractivity contribution in [1.82, 2.24) is 9.55 Å². The van der Waals surface area contributed by atoms with Crippen molar-refractivity contribution in [3.05, 3.63) is 51.7 Å². The topological polar surface area (TPSA) is 61.6 Å². The number of benzene rings is 1. The standard InChI is InChI=1S/C10H6ClN3O/c11-8-5-7(6-12)1-2-9(8)14-4-3-13-10(14)15/h1-5H,(H,13,15). The van der Waals surface area contributed by atoms with E-state index in [-0.39, 0.29) is 5.69 Å². The molecule has 0 spiro atoms. The largest absolute Gasteiger partial charge is 0.330 e. The molecule has 0 aliphatic heterocycles. The third-order valence-corrected chi connectivity index (χ3v) is 2.29. The lowest BCUT2D eigenvalue weighted by molar-refractivity contribution is 0.987. The molecule has 1 heterocycles. The Hall–Kier alpha value is -1.99. The number of imidazole rings is 1. The summed E-state index contributed by atoms with van der Waals surface area (Å²) in [4.78, 5) is 13.8. The van der Waals surface area contributed by atoms with E-state index in [2.05, 4.69) is 4.98 Å². The third kappa shape index (κ3) is 1.65. The molecule has 4 nitrogen and oxygen atoms in total. The second kappa shape index (κ2) is 3.64. The van der Waals surface area contributed by atoms with Crippen LogP contribution in [0.15, 0.2) is 35.4 Å². The zero-order chi connectivity index (χ0) is 10.8. The van der Waals surface area contributed by atoms with E-state index < -0.39 is 0 Å². The molecule has 1 N–H and O–H groups in total. The van der Waals surface area contributed by atoms with Gasteiger partial charge in [0.2, 0.25) is 0 Å². The number of nitrogens with one attached hydrogen (secondary N) is 1. The average molecular weight is 220 g/mol. The number of halogens is 1. The molecule has 0 aliphatic carbocycles. The molecule has 74 valence electrons. The molecule has 5 heteroatoms. The highest BCUT2D eigenvalue weighted by molar-refractivity contribution is 6.32. The molecule has 2 rings (SSSR count). The first-order valence-corrected chi connectivity index (χ1v) is 4.56. The van der Waals surface area contributed by atoms with Crippen LogP contribution in [0.3, 0.4) is 0 Å². The molecule has 0 amide bonds. The van der Waals surface area contributed by atoms with Gasteiger partial charge in [-0.2, -0.15) is 5.26 Å². The summed E-state index contributed by atoms with van der Waals surface area (Å²) >= 11 is 5.95. The third-order valence-electron chi connectivity index (χ3n) is 1.99. The molecule has 0 radical (unpaired) electrons. The maximum Gasteiger partial charge on any atom is 0.330 e. The highest BCUT2D eigenvalue weighted by atomic mass is 35.5. The molecule has 0 unspecified atom stereocenters. The van der Waals surface area contributed by atoms with Crippen LogP contribution < -0.4 is 5.69 Å². The number of nitriles is 1. The predicted molar refractivity (Wildman–Crippen MR) is 56.1 cm³/mol. The van der Waals surface area contributed by atoms with Gasteiger partial charge in [0.15, 0.2) is 0 Å². The van der Waals surface area contributed by atoms with E-state index >= 15 is 0 Å². The van der Waals surface area contributed by atoms with E-state index in [4.69, 9.17) is 16.9 Å². The number of nitrogens with zero attached hydrogens (tertiary/aromatic N) is 2. The van der Waals surface area contributed by atoms with Crippen LogP contribution in [0.1, 0.15) is 5.56 Å². The summed E-state index contributed by atoms with van der Waals surface area (Å²) in [5.74, 6) is 0. The van der Waals surface area contributed by atoms with Crippen molar-refractivity contribution in [1.29, 1.82) is 5.26 Å². The van der Waals surface area contributed by atoms with Gasteiger partial charge in [-0.1, -0.05) is 11.6 Å². The van der Waals surface area contributed by atoms with Gasteiger partial charge in [0, 0.05) is 12.4 Å². The van der Waals surface area contributed by atoms with Gasteiger partial charge in [0.05, 0.1) is 22.3 Å². The van der Waals surface area contributed by atoms with Gasteiger partial charge in [-0.15, -0.1) is 0 Å². The zero-order valence-corrected chi connectivity index (χ0v) is 8.32. The van der Waals surface area contributed by atoms with Crippen molar-refractivity contribution in [3.63, 3.8) is 0 Å². The molecule has 0 saturated carbocycles. The van der Waals surface area contributed by atoms with Crippen molar-refractivity contribution >= 4 is 11.6 Å². The first kappa shape index (κ1) is 9.56. The minimum absolute atomic E-state index is 0.262. The number of hydrogen-bond acceptors (Lipinski definition) is 2. The number of hydrogen-bond donors (Lipinski definition) is 1. The quantitative estimate of drug-likeness (QED) is 0.794. The van der Waals surface area contributed by atoms with Crippen LogP contribution in [0.5, 0.6) is 0 Å². The van der Waals surface area contributed by atoms with Crippen molar-refractivity contribution in [3.8, 4) is 11.8 Å². The SMILES string of the molecule is N#Cc1ccc(-n2cc[nH]c2=O)c(Cl)c1. The van der Waals surface area contributed by atoms with Crippen LogP contribution >= 0.6 is 11.6 Å². The Morgan fingerprint density at radius 2 is 2.27 bits per heavy atom. The minimum Gasteiger partial charge on any atom is -0.312 e. The first-order chi connectivity index (χ1) is 7.22. The van der Waals surface area contributed by atoms with E-state index in [0.29, 0.717) is 16.3 Å². The van der Waals surface area contributed by atoms with E-state index in [1.165, 1.54) is 16.8 Å². The Morgan fingerprint density at radius 1 is 1.47 bits per heavy atom. The van der Waals surface area contributed by atoms with Crippen LogP contribution in [-0.2, 0) is 0 Å². The van der Waals surface area contributed by atoms with Crippen molar-refractivity contribution in [2.45, 2.75) is 0 Å². The summed E-state index contributed by atoms with van der Waals surface area (Å²) in [6, 6.07) is 6.75. The normalized spacial score (nSPS) is 9.87. The maximum atomic E-state index is 11.3. The summed E-state index contributed by atoms with van der Waals surface area (Å²) < 4.78 is 1.38. The Balaban J connectivity index is 2.61. The molecule has 2 aromatic rings. The molecule has 15 heavy (non-hydrogen) atoms. The van der Waals surface area contributed by atoms with Gasteiger partial charge in [0.1, 0.15) is 0 Å². The molecule has 0 fully saturated rings. The molecule has 0 saturated heterocycles. The summed E-state index contributed by atoms with van der Waals surface area (Å²) in [7, 11) is 0. The van der Waals surface area contributed by atoms with E-state index in [1.807, 2.05) is 6.07 Å². The molecule has 1 aromatic carbocycles. The fourth-order valence-electron chi connectivity index (χ4n) is 1.28. The van der Waals surface area contributed by atoms with Gasteiger partial charge < -0.3 is 4.98 Å². The van der Waals surface area contributed by atoms with Crippen LogP contribution in [-0.4, -0.2) is 9.55 Å². The molecular formula is C10H6ClN3O. The lowest BCUT2D eigenvalue weighted by atomic mass is 10.2. The number of H-pyrrole nitrogens is 1. The first-order valence-electron chi connectivity index (χ1n) is 4.18. The smallest absolute Gasteiger partial charge is 0.312 e. The summed E-state index contributed by atoms with van der Waals surface area (Å²) in [6.45, 7) is 0. The Kier molecular flexibility index (Phi) is 2.32. The van der Waals surface area contributed by atoms with E-state index in [1.54, 1.807) is 18.3 Å². The summed E-state index contributed by atoms with van der Waals surface area (Å²) in [6.07, 6.45) is 3.10. The molecule has 1 aromatic heterocycles. The maximum absolute atomic E-state index is 11.3. The van der Waals surface area contributed by atoms with Gasteiger partial charge in [0.25, 0.3) is 0 Å². The van der Waals surface area contributed by atoms with Crippen molar-refractivity contribution in [2.24, 2.45) is 0 Å². The van der Waals surface area contributed by atoms with Crippen LogP contribution in [0.4, 0.5) is 0 Å². The fourth-order valence-corrected chi connectivity index (χ4v) is 1.55. The van der Waals surface area contributed by atoms with Gasteiger partial charge in [-0.3, -0.25) is 4.57 Å². The van der Waals surface area contributed by atoms with Crippen molar-refractivity contribution < 1.29 is 0 Å². The lowest BCUT2D eigenvalue weighted by Crippen LogP contribution is -2.14. The average Bonchev–Trinajstić information content (AvgIpc) is 2.64. The van der Waals surface area contributed by atoms with E-state index in [9.17, 15) is 4.79 Å². The molecule has 0 atom stereocenters. The van der Waals surface area contributed by atoms with Crippen molar-refractivity contribution in [2.75, 3.05) is 0 Å².